The number of carbonyl (C=O) groups excluding carboxylic acids is 1. The number of hydrogen-bond acceptors (Lipinski definition) is 3. The molecular weight excluding hydrogens is 312 g/mol. The molecule has 0 aromatic heterocycles. The Kier molecular flexibility index (Phi) is 4.87. The maximum Gasteiger partial charge on any atom is 0.251 e. The van der Waals surface area contributed by atoms with Crippen LogP contribution in [0.3, 0.4) is 0 Å². The summed E-state index contributed by atoms with van der Waals surface area (Å²) in [6, 6.07) is 11.6. The third-order valence-electron chi connectivity index (χ3n) is 3.54. The minimum atomic E-state index is -3.71. The van der Waals surface area contributed by atoms with Gasteiger partial charge in [-0.05, 0) is 50.6 Å². The Bertz CT molecular complexity index is 807. The Morgan fingerprint density at radius 3 is 2.04 bits per heavy atom. The fraction of sp³-hybridized carbons (Fsp3) is 0.235. The van der Waals surface area contributed by atoms with E-state index >= 15 is 0 Å². The van der Waals surface area contributed by atoms with Crippen molar-refractivity contribution in [1.82, 2.24) is 5.32 Å². The highest BCUT2D eigenvalue weighted by Crippen LogP contribution is 2.17. The molecule has 0 heterocycles. The minimum Gasteiger partial charge on any atom is -0.346 e. The molecular formula is C17H20N2O3S. The molecule has 23 heavy (non-hydrogen) atoms. The van der Waals surface area contributed by atoms with Crippen molar-refractivity contribution in [3.8, 4) is 0 Å². The van der Waals surface area contributed by atoms with Gasteiger partial charge in [0.25, 0.3) is 5.91 Å². The number of amides is 1. The summed E-state index contributed by atoms with van der Waals surface area (Å²) in [6.45, 7) is 5.73. The van der Waals surface area contributed by atoms with E-state index in [9.17, 15) is 13.2 Å². The van der Waals surface area contributed by atoms with Crippen LogP contribution in [0.4, 0.5) is 0 Å². The summed E-state index contributed by atoms with van der Waals surface area (Å²) in [5, 5.41) is 7.98. The lowest BCUT2D eigenvalue weighted by Crippen LogP contribution is -2.26. The molecule has 0 bridgehead atoms. The number of hydrogen-bond donors (Lipinski definition) is 2. The first-order valence-corrected chi connectivity index (χ1v) is 8.73. The standard InChI is InChI=1S/C17H20N2O3S/c1-11-8-12(2)10-15(9-11)17(20)19-13(3)14-4-6-16(7-5-14)23(18,21)22/h4-10,13H,1-3H3,(H,19,20)(H2,18,21,22). The zero-order valence-electron chi connectivity index (χ0n) is 13.3. The fourth-order valence-electron chi connectivity index (χ4n) is 2.42. The van der Waals surface area contributed by atoms with Gasteiger partial charge in [-0.2, -0.15) is 0 Å². The van der Waals surface area contributed by atoms with E-state index in [0.717, 1.165) is 16.7 Å². The van der Waals surface area contributed by atoms with Gasteiger partial charge in [-0.3, -0.25) is 4.79 Å². The molecule has 3 N–H and O–H groups in total. The zero-order valence-corrected chi connectivity index (χ0v) is 14.1. The second-order valence-electron chi connectivity index (χ2n) is 5.69. The van der Waals surface area contributed by atoms with Gasteiger partial charge in [-0.15, -0.1) is 0 Å². The Hall–Kier alpha value is -2.18. The first kappa shape index (κ1) is 17.2. The number of primary sulfonamides is 1. The molecule has 6 heteroatoms. The van der Waals surface area contributed by atoms with Crippen LogP contribution in [0.2, 0.25) is 0 Å². The summed E-state index contributed by atoms with van der Waals surface area (Å²) in [5.74, 6) is -0.167. The van der Waals surface area contributed by atoms with Gasteiger partial charge in [0.05, 0.1) is 10.9 Å². The monoisotopic (exact) mass is 332 g/mol. The van der Waals surface area contributed by atoms with E-state index < -0.39 is 10.0 Å². The average Bonchev–Trinajstić information content (AvgIpc) is 2.45. The third-order valence-corrected chi connectivity index (χ3v) is 4.47. The Morgan fingerprint density at radius 1 is 1.04 bits per heavy atom. The lowest BCUT2D eigenvalue weighted by atomic mass is 10.1. The van der Waals surface area contributed by atoms with Gasteiger partial charge >= 0.3 is 0 Å². The van der Waals surface area contributed by atoms with Gasteiger partial charge in [-0.25, -0.2) is 13.6 Å². The number of carbonyl (C=O) groups is 1. The molecule has 0 aliphatic rings. The largest absolute Gasteiger partial charge is 0.346 e. The molecule has 0 fully saturated rings. The normalized spacial score (nSPS) is 12.7. The van der Waals surface area contributed by atoms with Crippen LogP contribution in [0.5, 0.6) is 0 Å². The van der Waals surface area contributed by atoms with Crippen LogP contribution in [0, 0.1) is 13.8 Å². The van der Waals surface area contributed by atoms with Gasteiger partial charge in [0, 0.05) is 5.56 Å². The highest BCUT2D eigenvalue weighted by molar-refractivity contribution is 7.89. The van der Waals surface area contributed by atoms with E-state index in [2.05, 4.69) is 5.32 Å². The van der Waals surface area contributed by atoms with E-state index in [1.807, 2.05) is 39.0 Å². The highest BCUT2D eigenvalue weighted by Gasteiger charge is 2.13. The molecule has 122 valence electrons. The van der Waals surface area contributed by atoms with Crippen LogP contribution in [0.1, 0.15) is 40.0 Å². The molecule has 2 aromatic carbocycles. The van der Waals surface area contributed by atoms with Crippen molar-refractivity contribution in [2.75, 3.05) is 0 Å². The van der Waals surface area contributed by atoms with Crippen molar-refractivity contribution in [2.24, 2.45) is 5.14 Å². The molecule has 1 unspecified atom stereocenters. The van der Waals surface area contributed by atoms with E-state index in [0.29, 0.717) is 5.56 Å². The molecule has 5 nitrogen and oxygen atoms in total. The maximum atomic E-state index is 12.3. The first-order valence-electron chi connectivity index (χ1n) is 7.19. The molecule has 1 amide bonds. The SMILES string of the molecule is Cc1cc(C)cc(C(=O)NC(C)c2ccc(S(N)(=O)=O)cc2)c1. The number of rotatable bonds is 4. The predicted molar refractivity (Wildman–Crippen MR) is 89.6 cm³/mol. The van der Waals surface area contributed by atoms with Crippen LogP contribution in [0.15, 0.2) is 47.4 Å². The fourth-order valence-corrected chi connectivity index (χ4v) is 2.93. The topological polar surface area (TPSA) is 89.3 Å². The van der Waals surface area contributed by atoms with Gasteiger partial charge in [0.2, 0.25) is 10.0 Å². The van der Waals surface area contributed by atoms with Crippen molar-refractivity contribution < 1.29 is 13.2 Å². The summed E-state index contributed by atoms with van der Waals surface area (Å²) < 4.78 is 22.5. The Balaban J connectivity index is 2.15. The summed E-state index contributed by atoms with van der Waals surface area (Å²) in [6.07, 6.45) is 0. The number of benzene rings is 2. The maximum absolute atomic E-state index is 12.3. The molecule has 2 aromatic rings. The van der Waals surface area contributed by atoms with Crippen molar-refractivity contribution in [2.45, 2.75) is 31.7 Å². The van der Waals surface area contributed by atoms with Crippen molar-refractivity contribution >= 4 is 15.9 Å². The number of nitrogens with two attached hydrogens (primary N) is 1. The lowest BCUT2D eigenvalue weighted by Gasteiger charge is -2.15. The van der Waals surface area contributed by atoms with E-state index in [-0.39, 0.29) is 16.8 Å². The number of aryl methyl sites for hydroxylation is 2. The van der Waals surface area contributed by atoms with Crippen LogP contribution >= 0.6 is 0 Å². The second-order valence-corrected chi connectivity index (χ2v) is 7.25. The summed E-state index contributed by atoms with van der Waals surface area (Å²) in [4.78, 5) is 12.4. The minimum absolute atomic E-state index is 0.0501. The molecule has 0 saturated carbocycles. The molecule has 1 atom stereocenters. The van der Waals surface area contributed by atoms with Gasteiger partial charge in [0.15, 0.2) is 0 Å². The van der Waals surface area contributed by atoms with Crippen LogP contribution < -0.4 is 10.5 Å². The van der Waals surface area contributed by atoms with Crippen molar-refractivity contribution in [3.05, 3.63) is 64.7 Å². The van der Waals surface area contributed by atoms with Crippen molar-refractivity contribution in [3.63, 3.8) is 0 Å². The van der Waals surface area contributed by atoms with Crippen LogP contribution in [0.25, 0.3) is 0 Å². The summed E-state index contributed by atoms with van der Waals surface area (Å²) >= 11 is 0. The zero-order chi connectivity index (χ0) is 17.2. The second kappa shape index (κ2) is 6.52. The van der Waals surface area contributed by atoms with Crippen LogP contribution in [-0.4, -0.2) is 14.3 Å². The quantitative estimate of drug-likeness (QED) is 0.901. The smallest absolute Gasteiger partial charge is 0.251 e. The molecule has 0 saturated heterocycles. The third kappa shape index (κ3) is 4.40. The number of nitrogens with one attached hydrogen (secondary N) is 1. The number of sulfonamides is 1. The molecule has 0 spiro atoms. The van der Waals surface area contributed by atoms with E-state index in [4.69, 9.17) is 5.14 Å². The van der Waals surface area contributed by atoms with Crippen LogP contribution in [-0.2, 0) is 10.0 Å². The van der Waals surface area contributed by atoms with Gasteiger partial charge in [0.1, 0.15) is 0 Å². The van der Waals surface area contributed by atoms with E-state index in [1.165, 1.54) is 12.1 Å². The van der Waals surface area contributed by atoms with Crippen molar-refractivity contribution in [1.29, 1.82) is 0 Å². The summed E-state index contributed by atoms with van der Waals surface area (Å²) in [5.41, 5.74) is 3.46. The molecule has 0 aliphatic heterocycles. The highest BCUT2D eigenvalue weighted by atomic mass is 32.2. The lowest BCUT2D eigenvalue weighted by molar-refractivity contribution is 0.0939. The molecule has 0 radical (unpaired) electrons. The Labute approximate surface area is 136 Å². The summed E-state index contributed by atoms with van der Waals surface area (Å²) in [7, 11) is -3.71. The average molecular weight is 332 g/mol. The predicted octanol–water partition coefficient (Wildman–Crippen LogP) is 2.44. The first-order chi connectivity index (χ1) is 10.7. The molecule has 2 rings (SSSR count). The molecule has 0 aliphatic carbocycles. The van der Waals surface area contributed by atoms with E-state index in [1.54, 1.807) is 12.1 Å². The van der Waals surface area contributed by atoms with Gasteiger partial charge in [-0.1, -0.05) is 29.3 Å². The Morgan fingerprint density at radius 2 is 1.57 bits per heavy atom. The van der Waals surface area contributed by atoms with Gasteiger partial charge < -0.3 is 5.32 Å².